The van der Waals surface area contributed by atoms with Gasteiger partial charge in [0.05, 0.1) is 14.2 Å². The number of hydrogen-bond donors (Lipinski definition) is 1. The van der Waals surface area contributed by atoms with Crippen LogP contribution in [0.5, 0.6) is 11.5 Å². The van der Waals surface area contributed by atoms with Gasteiger partial charge in [0.2, 0.25) is 0 Å². The van der Waals surface area contributed by atoms with Crippen molar-refractivity contribution in [3.05, 3.63) is 23.3 Å². The molecule has 1 aliphatic carbocycles. The number of rotatable bonds is 3. The Kier molecular flexibility index (Phi) is 3.81. The van der Waals surface area contributed by atoms with Crippen LogP contribution in [0.4, 0.5) is 0 Å². The van der Waals surface area contributed by atoms with E-state index in [2.05, 4.69) is 6.92 Å². The van der Waals surface area contributed by atoms with E-state index >= 15 is 0 Å². The maximum absolute atomic E-state index is 6.63. The van der Waals surface area contributed by atoms with Crippen LogP contribution >= 0.6 is 0 Å². The van der Waals surface area contributed by atoms with Gasteiger partial charge in [0.1, 0.15) is 11.5 Å². The largest absolute Gasteiger partial charge is 0.497 e. The molecule has 2 rings (SSSR count). The van der Waals surface area contributed by atoms with Crippen molar-refractivity contribution in [1.82, 2.24) is 0 Å². The van der Waals surface area contributed by atoms with Crippen LogP contribution in [0.1, 0.15) is 43.2 Å². The van der Waals surface area contributed by atoms with Crippen LogP contribution in [-0.2, 0) is 5.54 Å². The highest BCUT2D eigenvalue weighted by Gasteiger charge is 2.33. The summed E-state index contributed by atoms with van der Waals surface area (Å²) in [5, 5.41) is 0. The maximum Gasteiger partial charge on any atom is 0.127 e. The fraction of sp³-hybridized carbons (Fsp3) is 0.600. The molecule has 3 nitrogen and oxygen atoms in total. The molecule has 1 fully saturated rings. The number of aryl methyl sites for hydroxylation is 1. The van der Waals surface area contributed by atoms with Gasteiger partial charge in [0, 0.05) is 17.2 Å². The van der Waals surface area contributed by atoms with Crippen LogP contribution in [0, 0.1) is 6.92 Å². The summed E-state index contributed by atoms with van der Waals surface area (Å²) in [6.45, 7) is 2.09. The molecule has 1 aromatic rings. The molecule has 100 valence electrons. The fourth-order valence-electron chi connectivity index (χ4n) is 3.07. The molecule has 0 saturated heterocycles. The highest BCUT2D eigenvalue weighted by atomic mass is 16.5. The predicted molar refractivity (Wildman–Crippen MR) is 73.2 cm³/mol. The summed E-state index contributed by atoms with van der Waals surface area (Å²) in [4.78, 5) is 0. The minimum absolute atomic E-state index is 0.236. The zero-order valence-corrected chi connectivity index (χ0v) is 11.6. The first-order valence-corrected chi connectivity index (χ1v) is 6.63. The summed E-state index contributed by atoms with van der Waals surface area (Å²) in [5.74, 6) is 1.68. The van der Waals surface area contributed by atoms with E-state index in [9.17, 15) is 0 Å². The Morgan fingerprint density at radius 2 is 1.72 bits per heavy atom. The zero-order chi connectivity index (χ0) is 13.2. The van der Waals surface area contributed by atoms with Gasteiger partial charge in [-0.1, -0.05) is 19.3 Å². The lowest BCUT2D eigenvalue weighted by atomic mass is 9.75. The monoisotopic (exact) mass is 249 g/mol. The van der Waals surface area contributed by atoms with Gasteiger partial charge in [-0.15, -0.1) is 0 Å². The van der Waals surface area contributed by atoms with Crippen molar-refractivity contribution < 1.29 is 9.47 Å². The summed E-state index contributed by atoms with van der Waals surface area (Å²) in [6, 6.07) is 3.98. The van der Waals surface area contributed by atoms with Crippen LogP contribution in [0.15, 0.2) is 12.1 Å². The Balaban J connectivity index is 2.48. The number of nitrogens with two attached hydrogens (primary N) is 1. The van der Waals surface area contributed by atoms with E-state index in [-0.39, 0.29) is 5.54 Å². The Morgan fingerprint density at radius 3 is 2.28 bits per heavy atom. The standard InChI is InChI=1S/C15H23NO2/c1-11-9-12(17-2)10-13(18-3)14(11)15(16)7-5-4-6-8-15/h9-10H,4-8,16H2,1-3H3. The van der Waals surface area contributed by atoms with Gasteiger partial charge in [0.15, 0.2) is 0 Å². The topological polar surface area (TPSA) is 44.5 Å². The molecule has 2 N–H and O–H groups in total. The van der Waals surface area contributed by atoms with Crippen molar-refractivity contribution >= 4 is 0 Å². The van der Waals surface area contributed by atoms with Crippen molar-refractivity contribution in [2.75, 3.05) is 14.2 Å². The zero-order valence-electron chi connectivity index (χ0n) is 11.6. The number of methoxy groups -OCH3 is 2. The molecule has 0 spiro atoms. The second-order valence-corrected chi connectivity index (χ2v) is 5.24. The average molecular weight is 249 g/mol. The second-order valence-electron chi connectivity index (χ2n) is 5.24. The maximum atomic E-state index is 6.63. The second kappa shape index (κ2) is 5.19. The Labute approximate surface area is 109 Å². The van der Waals surface area contributed by atoms with E-state index in [0.29, 0.717) is 0 Å². The Bertz CT molecular complexity index is 423. The average Bonchev–Trinajstić information content (AvgIpc) is 2.38. The minimum Gasteiger partial charge on any atom is -0.497 e. The molecule has 0 radical (unpaired) electrons. The predicted octanol–water partition coefficient (Wildman–Crippen LogP) is 3.13. The van der Waals surface area contributed by atoms with Crippen molar-refractivity contribution in [3.8, 4) is 11.5 Å². The van der Waals surface area contributed by atoms with Crippen LogP contribution < -0.4 is 15.2 Å². The molecule has 1 saturated carbocycles. The molecule has 3 heteroatoms. The highest BCUT2D eigenvalue weighted by molar-refractivity contribution is 5.50. The number of hydrogen-bond acceptors (Lipinski definition) is 3. The summed E-state index contributed by atoms with van der Waals surface area (Å²) >= 11 is 0. The smallest absolute Gasteiger partial charge is 0.127 e. The molecular formula is C15H23NO2. The van der Waals surface area contributed by atoms with E-state index < -0.39 is 0 Å². The summed E-state index contributed by atoms with van der Waals surface area (Å²) in [5.41, 5.74) is 8.71. The molecule has 0 heterocycles. The van der Waals surface area contributed by atoms with Crippen LogP contribution in [0.2, 0.25) is 0 Å². The molecule has 0 atom stereocenters. The molecule has 1 aromatic carbocycles. The molecular weight excluding hydrogens is 226 g/mol. The third-order valence-electron chi connectivity index (χ3n) is 3.97. The van der Waals surface area contributed by atoms with Gasteiger partial charge in [-0.05, 0) is 31.4 Å². The van der Waals surface area contributed by atoms with Crippen molar-refractivity contribution in [2.45, 2.75) is 44.6 Å². The number of ether oxygens (including phenoxy) is 2. The molecule has 0 amide bonds. The first-order chi connectivity index (χ1) is 8.60. The van der Waals surface area contributed by atoms with Crippen LogP contribution in [0.3, 0.4) is 0 Å². The van der Waals surface area contributed by atoms with Crippen molar-refractivity contribution in [3.63, 3.8) is 0 Å². The normalized spacial score (nSPS) is 18.4. The fourth-order valence-corrected chi connectivity index (χ4v) is 3.07. The Hall–Kier alpha value is -1.22. The molecule has 0 bridgehead atoms. The van der Waals surface area contributed by atoms with Gasteiger partial charge < -0.3 is 15.2 Å². The lowest BCUT2D eigenvalue weighted by Crippen LogP contribution is -2.39. The quantitative estimate of drug-likeness (QED) is 0.895. The van der Waals surface area contributed by atoms with Crippen molar-refractivity contribution in [1.29, 1.82) is 0 Å². The van der Waals surface area contributed by atoms with E-state index in [1.54, 1.807) is 14.2 Å². The first-order valence-electron chi connectivity index (χ1n) is 6.63. The highest BCUT2D eigenvalue weighted by Crippen LogP contribution is 2.42. The van der Waals surface area contributed by atoms with E-state index in [0.717, 1.165) is 35.5 Å². The van der Waals surface area contributed by atoms with Gasteiger partial charge in [-0.2, -0.15) is 0 Å². The molecule has 1 aliphatic rings. The number of benzene rings is 1. The van der Waals surface area contributed by atoms with E-state index in [4.69, 9.17) is 15.2 Å². The lowest BCUT2D eigenvalue weighted by molar-refractivity contribution is 0.286. The van der Waals surface area contributed by atoms with Crippen molar-refractivity contribution in [2.24, 2.45) is 5.73 Å². The Morgan fingerprint density at radius 1 is 1.06 bits per heavy atom. The SMILES string of the molecule is COc1cc(C)c(C2(N)CCCCC2)c(OC)c1. The van der Waals surface area contributed by atoms with Gasteiger partial charge in [0.25, 0.3) is 0 Å². The third kappa shape index (κ3) is 2.32. The summed E-state index contributed by atoms with van der Waals surface area (Å²) < 4.78 is 10.8. The van der Waals surface area contributed by atoms with Crippen LogP contribution in [0.25, 0.3) is 0 Å². The van der Waals surface area contributed by atoms with Crippen LogP contribution in [-0.4, -0.2) is 14.2 Å². The third-order valence-corrected chi connectivity index (χ3v) is 3.97. The van der Waals surface area contributed by atoms with Gasteiger partial charge >= 0.3 is 0 Å². The summed E-state index contributed by atoms with van der Waals surface area (Å²) in [7, 11) is 3.37. The molecule has 18 heavy (non-hydrogen) atoms. The molecule has 0 unspecified atom stereocenters. The first kappa shape index (κ1) is 13.2. The van der Waals surface area contributed by atoms with E-state index in [1.165, 1.54) is 19.3 Å². The molecule has 0 aliphatic heterocycles. The lowest BCUT2D eigenvalue weighted by Gasteiger charge is -2.36. The van der Waals surface area contributed by atoms with Gasteiger partial charge in [-0.25, -0.2) is 0 Å². The summed E-state index contributed by atoms with van der Waals surface area (Å²) in [6.07, 6.45) is 5.76. The molecule has 0 aromatic heterocycles. The minimum atomic E-state index is -0.236. The van der Waals surface area contributed by atoms with E-state index in [1.807, 2.05) is 12.1 Å². The van der Waals surface area contributed by atoms with Gasteiger partial charge in [-0.3, -0.25) is 0 Å².